The number of aromatic nitrogens is 1. The van der Waals surface area contributed by atoms with Crippen LogP contribution in [-0.4, -0.2) is 16.1 Å². The molecule has 0 aliphatic heterocycles. The van der Waals surface area contributed by atoms with Crippen LogP contribution in [0.15, 0.2) is 27.4 Å². The Bertz CT molecular complexity index is 692. The summed E-state index contributed by atoms with van der Waals surface area (Å²) < 4.78 is 6.55. The van der Waals surface area contributed by atoms with Crippen LogP contribution in [0.5, 0.6) is 0 Å². The largest absolute Gasteiger partial charge is 0.419 e. The fraction of sp³-hybridized carbons (Fsp3) is 0.429. The van der Waals surface area contributed by atoms with Gasteiger partial charge in [0, 0.05) is 19.1 Å². The number of nitrogens with zero attached hydrogens (tertiary/aromatic N) is 1. The van der Waals surface area contributed by atoms with Crippen LogP contribution in [0.25, 0.3) is 11.1 Å². The molecule has 0 saturated carbocycles. The molecule has 0 unspecified atom stereocenters. The molecule has 0 saturated heterocycles. The third-order valence-corrected chi connectivity index (χ3v) is 2.80. The first kappa shape index (κ1) is 14.2. The molecule has 6 heteroatoms. The summed E-state index contributed by atoms with van der Waals surface area (Å²) >= 11 is 0. The Labute approximate surface area is 116 Å². The van der Waals surface area contributed by atoms with Crippen molar-refractivity contribution in [2.75, 3.05) is 0 Å². The van der Waals surface area contributed by atoms with Crippen LogP contribution in [0, 0.1) is 0 Å². The second-order valence-corrected chi connectivity index (χ2v) is 5.79. The number of hydrogen-bond acceptors (Lipinski definition) is 3. The lowest BCUT2D eigenvalue weighted by atomic mass is 10.1. The molecule has 2 amide bonds. The predicted octanol–water partition coefficient (Wildman–Crippen LogP) is 1.73. The third-order valence-electron chi connectivity index (χ3n) is 2.80. The lowest BCUT2D eigenvalue weighted by Crippen LogP contribution is -2.46. The van der Waals surface area contributed by atoms with Gasteiger partial charge in [-0.05, 0) is 38.5 Å². The van der Waals surface area contributed by atoms with Gasteiger partial charge in [-0.25, -0.2) is 9.59 Å². The Morgan fingerprint density at radius 1 is 1.35 bits per heavy atom. The SMILES string of the molecule is Cn1c(=O)oc2cc(CNC(=O)NC(C)(C)C)ccc21. The Hall–Kier alpha value is -2.24. The summed E-state index contributed by atoms with van der Waals surface area (Å²) in [6.07, 6.45) is 0. The van der Waals surface area contributed by atoms with Crippen molar-refractivity contribution in [2.45, 2.75) is 32.9 Å². The minimum absolute atomic E-state index is 0.230. The maximum absolute atomic E-state index is 11.7. The molecule has 1 aromatic heterocycles. The molecule has 2 rings (SSSR count). The van der Waals surface area contributed by atoms with E-state index in [1.54, 1.807) is 19.2 Å². The number of aryl methyl sites for hydroxylation is 1. The summed E-state index contributed by atoms with van der Waals surface area (Å²) in [5, 5.41) is 5.58. The zero-order valence-corrected chi connectivity index (χ0v) is 12.1. The van der Waals surface area contributed by atoms with Crippen molar-refractivity contribution in [1.29, 1.82) is 0 Å². The standard InChI is InChI=1S/C14H19N3O3/c1-14(2,3)16-12(18)15-8-9-5-6-10-11(7-9)20-13(19)17(10)4/h5-7H,8H2,1-4H3,(H2,15,16,18). The van der Waals surface area contributed by atoms with Crippen molar-refractivity contribution in [3.8, 4) is 0 Å². The van der Waals surface area contributed by atoms with Crippen LogP contribution < -0.4 is 16.4 Å². The summed E-state index contributed by atoms with van der Waals surface area (Å²) in [4.78, 5) is 23.0. The Morgan fingerprint density at radius 3 is 2.70 bits per heavy atom. The molecule has 0 atom stereocenters. The zero-order valence-electron chi connectivity index (χ0n) is 12.1. The number of hydrogen-bond donors (Lipinski definition) is 2. The molecule has 1 aromatic carbocycles. The minimum atomic E-state index is -0.393. The van der Waals surface area contributed by atoms with Gasteiger partial charge < -0.3 is 15.1 Å². The second-order valence-electron chi connectivity index (χ2n) is 5.79. The first-order valence-electron chi connectivity index (χ1n) is 6.41. The summed E-state index contributed by atoms with van der Waals surface area (Å²) in [6.45, 7) is 6.11. The van der Waals surface area contributed by atoms with Crippen LogP contribution in [0.1, 0.15) is 26.3 Å². The maximum atomic E-state index is 11.7. The number of benzene rings is 1. The summed E-state index contributed by atoms with van der Waals surface area (Å²) in [6, 6.07) is 5.19. The Morgan fingerprint density at radius 2 is 2.05 bits per heavy atom. The van der Waals surface area contributed by atoms with Gasteiger partial charge in [-0.1, -0.05) is 6.07 Å². The molecule has 0 radical (unpaired) electrons. The molecule has 0 bridgehead atoms. The number of fused-ring (bicyclic) bond motifs is 1. The van der Waals surface area contributed by atoms with Crippen molar-refractivity contribution in [3.63, 3.8) is 0 Å². The van der Waals surface area contributed by atoms with E-state index in [1.165, 1.54) is 4.57 Å². The minimum Gasteiger partial charge on any atom is -0.408 e. The van der Waals surface area contributed by atoms with E-state index >= 15 is 0 Å². The molecule has 20 heavy (non-hydrogen) atoms. The maximum Gasteiger partial charge on any atom is 0.419 e. The van der Waals surface area contributed by atoms with Gasteiger partial charge in [-0.15, -0.1) is 0 Å². The van der Waals surface area contributed by atoms with Crippen molar-refractivity contribution in [2.24, 2.45) is 7.05 Å². The Kier molecular flexibility index (Phi) is 3.57. The fourth-order valence-electron chi connectivity index (χ4n) is 1.86. The predicted molar refractivity (Wildman–Crippen MR) is 76.6 cm³/mol. The lowest BCUT2D eigenvalue weighted by molar-refractivity contribution is 0.231. The molecular weight excluding hydrogens is 258 g/mol. The number of urea groups is 1. The highest BCUT2D eigenvalue weighted by atomic mass is 16.4. The molecule has 0 fully saturated rings. The average Bonchev–Trinajstić information content (AvgIpc) is 2.60. The van der Waals surface area contributed by atoms with Crippen molar-refractivity contribution < 1.29 is 9.21 Å². The molecule has 2 N–H and O–H groups in total. The van der Waals surface area contributed by atoms with Gasteiger partial charge in [-0.3, -0.25) is 4.57 Å². The molecule has 1 heterocycles. The first-order valence-corrected chi connectivity index (χ1v) is 6.41. The topological polar surface area (TPSA) is 76.3 Å². The van der Waals surface area contributed by atoms with Crippen molar-refractivity contribution >= 4 is 17.1 Å². The average molecular weight is 277 g/mol. The summed E-state index contributed by atoms with van der Waals surface area (Å²) in [5.74, 6) is -0.393. The van der Waals surface area contributed by atoms with Crippen LogP contribution in [0.3, 0.4) is 0 Å². The highest BCUT2D eigenvalue weighted by molar-refractivity contribution is 5.76. The van der Waals surface area contributed by atoms with Crippen LogP contribution in [0.2, 0.25) is 0 Å². The smallest absolute Gasteiger partial charge is 0.408 e. The van der Waals surface area contributed by atoms with E-state index in [9.17, 15) is 9.59 Å². The van der Waals surface area contributed by atoms with E-state index in [4.69, 9.17) is 4.42 Å². The molecule has 0 aliphatic carbocycles. The van der Waals surface area contributed by atoms with Crippen LogP contribution in [0.4, 0.5) is 4.79 Å². The second kappa shape index (κ2) is 5.03. The number of nitrogens with one attached hydrogen (secondary N) is 2. The molecule has 0 aliphatic rings. The summed E-state index contributed by atoms with van der Waals surface area (Å²) in [5.41, 5.74) is 1.85. The molecular formula is C14H19N3O3. The van der Waals surface area contributed by atoms with Crippen LogP contribution >= 0.6 is 0 Å². The van der Waals surface area contributed by atoms with E-state index in [2.05, 4.69) is 10.6 Å². The number of oxazole rings is 1. The van der Waals surface area contributed by atoms with E-state index in [0.29, 0.717) is 12.1 Å². The van der Waals surface area contributed by atoms with Gasteiger partial charge in [0.05, 0.1) is 5.52 Å². The normalized spacial score (nSPS) is 11.6. The van der Waals surface area contributed by atoms with Crippen LogP contribution in [-0.2, 0) is 13.6 Å². The van der Waals surface area contributed by atoms with Gasteiger partial charge in [0.1, 0.15) is 0 Å². The fourth-order valence-corrected chi connectivity index (χ4v) is 1.86. The number of carbonyl (C=O) groups is 1. The number of rotatable bonds is 2. The van der Waals surface area contributed by atoms with Gasteiger partial charge in [0.15, 0.2) is 5.58 Å². The quantitative estimate of drug-likeness (QED) is 0.877. The molecule has 0 spiro atoms. The number of amides is 2. The zero-order chi connectivity index (χ0) is 14.9. The van der Waals surface area contributed by atoms with Crippen molar-refractivity contribution in [3.05, 3.63) is 34.3 Å². The monoisotopic (exact) mass is 277 g/mol. The first-order chi connectivity index (χ1) is 9.26. The molecule has 6 nitrogen and oxygen atoms in total. The van der Waals surface area contributed by atoms with E-state index < -0.39 is 5.76 Å². The van der Waals surface area contributed by atoms with Gasteiger partial charge in [0.2, 0.25) is 0 Å². The highest BCUT2D eigenvalue weighted by Crippen LogP contribution is 2.14. The Balaban J connectivity index is 2.07. The summed E-state index contributed by atoms with van der Waals surface area (Å²) in [7, 11) is 1.66. The van der Waals surface area contributed by atoms with E-state index in [1.807, 2.05) is 26.8 Å². The number of carbonyl (C=O) groups excluding carboxylic acids is 1. The van der Waals surface area contributed by atoms with Gasteiger partial charge >= 0.3 is 11.8 Å². The van der Waals surface area contributed by atoms with Gasteiger partial charge in [0.25, 0.3) is 0 Å². The highest BCUT2D eigenvalue weighted by Gasteiger charge is 2.13. The van der Waals surface area contributed by atoms with E-state index in [0.717, 1.165) is 11.1 Å². The third kappa shape index (κ3) is 3.20. The van der Waals surface area contributed by atoms with Gasteiger partial charge in [-0.2, -0.15) is 0 Å². The van der Waals surface area contributed by atoms with E-state index in [-0.39, 0.29) is 11.6 Å². The molecule has 2 aromatic rings. The lowest BCUT2D eigenvalue weighted by Gasteiger charge is -2.20. The molecule has 108 valence electrons. The van der Waals surface area contributed by atoms with Crippen molar-refractivity contribution in [1.82, 2.24) is 15.2 Å².